The van der Waals surface area contributed by atoms with Gasteiger partial charge in [-0.05, 0) is 30.0 Å². The Morgan fingerprint density at radius 2 is 1.88 bits per heavy atom. The van der Waals surface area contributed by atoms with Crippen molar-refractivity contribution in [1.29, 1.82) is 0 Å². The summed E-state index contributed by atoms with van der Waals surface area (Å²) in [5.41, 5.74) is 1.16. The van der Waals surface area contributed by atoms with Gasteiger partial charge in [0.2, 0.25) is 0 Å². The Bertz CT molecular complexity index is 297. The lowest BCUT2D eigenvalue weighted by Gasteiger charge is -2.18. The molecule has 0 spiro atoms. The molecule has 0 aliphatic carbocycles. The Labute approximate surface area is 103 Å². The number of alkyl halides is 1. The Morgan fingerprint density at radius 3 is 2.38 bits per heavy atom. The number of aromatic hydroxyl groups is 1. The summed E-state index contributed by atoms with van der Waals surface area (Å²) >= 11 is 5.90. The SMILES string of the molecule is CC(C)CC(CCl)NCc1ccc(O)cc1. The predicted molar refractivity (Wildman–Crippen MR) is 68.9 cm³/mol. The third-order valence-electron chi connectivity index (χ3n) is 2.47. The summed E-state index contributed by atoms with van der Waals surface area (Å²) in [7, 11) is 0. The van der Waals surface area contributed by atoms with Crippen LogP contribution in [0.2, 0.25) is 0 Å². The fourth-order valence-electron chi connectivity index (χ4n) is 1.65. The number of halogens is 1. The molecule has 3 heteroatoms. The van der Waals surface area contributed by atoms with E-state index in [0.717, 1.165) is 18.5 Å². The lowest BCUT2D eigenvalue weighted by atomic mass is 10.0. The van der Waals surface area contributed by atoms with E-state index in [2.05, 4.69) is 19.2 Å². The first-order valence-electron chi connectivity index (χ1n) is 5.69. The summed E-state index contributed by atoms with van der Waals surface area (Å²) in [4.78, 5) is 0. The van der Waals surface area contributed by atoms with E-state index in [1.807, 2.05) is 12.1 Å². The molecule has 90 valence electrons. The van der Waals surface area contributed by atoms with Crippen molar-refractivity contribution in [1.82, 2.24) is 5.32 Å². The molecule has 0 radical (unpaired) electrons. The molecular formula is C13H20ClNO. The molecule has 0 aliphatic heterocycles. The van der Waals surface area contributed by atoms with E-state index in [-0.39, 0.29) is 0 Å². The standard InChI is InChI=1S/C13H20ClNO/c1-10(2)7-12(8-14)15-9-11-3-5-13(16)6-4-11/h3-6,10,12,15-16H,7-9H2,1-2H3. The van der Waals surface area contributed by atoms with Crippen LogP contribution in [-0.2, 0) is 6.54 Å². The minimum Gasteiger partial charge on any atom is -0.508 e. The van der Waals surface area contributed by atoms with Crippen LogP contribution in [0.4, 0.5) is 0 Å². The molecule has 0 fully saturated rings. The Morgan fingerprint density at radius 1 is 1.25 bits per heavy atom. The van der Waals surface area contributed by atoms with Gasteiger partial charge in [-0.3, -0.25) is 0 Å². The topological polar surface area (TPSA) is 32.3 Å². The quantitative estimate of drug-likeness (QED) is 0.750. The van der Waals surface area contributed by atoms with E-state index in [0.29, 0.717) is 23.6 Å². The van der Waals surface area contributed by atoms with Gasteiger partial charge < -0.3 is 10.4 Å². The normalized spacial score (nSPS) is 13.0. The molecule has 0 bridgehead atoms. The van der Waals surface area contributed by atoms with Crippen molar-refractivity contribution in [3.63, 3.8) is 0 Å². The van der Waals surface area contributed by atoms with Crippen LogP contribution in [0.25, 0.3) is 0 Å². The lowest BCUT2D eigenvalue weighted by Crippen LogP contribution is -2.31. The second kappa shape index (κ2) is 6.77. The highest BCUT2D eigenvalue weighted by Crippen LogP contribution is 2.11. The highest BCUT2D eigenvalue weighted by molar-refractivity contribution is 6.18. The number of rotatable bonds is 6. The van der Waals surface area contributed by atoms with Crippen molar-refractivity contribution in [3.05, 3.63) is 29.8 Å². The maximum Gasteiger partial charge on any atom is 0.115 e. The number of nitrogens with one attached hydrogen (secondary N) is 1. The molecule has 16 heavy (non-hydrogen) atoms. The van der Waals surface area contributed by atoms with Crippen LogP contribution >= 0.6 is 11.6 Å². The average molecular weight is 242 g/mol. The molecule has 1 rings (SSSR count). The minimum absolute atomic E-state index is 0.305. The van der Waals surface area contributed by atoms with Crippen LogP contribution in [0.1, 0.15) is 25.8 Å². The van der Waals surface area contributed by atoms with E-state index < -0.39 is 0 Å². The fraction of sp³-hybridized carbons (Fsp3) is 0.538. The zero-order chi connectivity index (χ0) is 12.0. The average Bonchev–Trinajstić information content (AvgIpc) is 2.26. The number of phenols is 1. The molecule has 0 aromatic heterocycles. The summed E-state index contributed by atoms with van der Waals surface area (Å²) in [6.45, 7) is 5.19. The van der Waals surface area contributed by atoms with Gasteiger partial charge in [-0.25, -0.2) is 0 Å². The summed E-state index contributed by atoms with van der Waals surface area (Å²) in [6.07, 6.45) is 1.08. The third-order valence-corrected chi connectivity index (χ3v) is 2.85. The summed E-state index contributed by atoms with van der Waals surface area (Å²) < 4.78 is 0. The van der Waals surface area contributed by atoms with E-state index in [4.69, 9.17) is 16.7 Å². The molecule has 0 aliphatic rings. The van der Waals surface area contributed by atoms with Crippen LogP contribution in [0.15, 0.2) is 24.3 Å². The van der Waals surface area contributed by atoms with Gasteiger partial charge in [-0.15, -0.1) is 11.6 Å². The monoisotopic (exact) mass is 241 g/mol. The molecule has 2 N–H and O–H groups in total. The van der Waals surface area contributed by atoms with Crippen molar-refractivity contribution < 1.29 is 5.11 Å². The van der Waals surface area contributed by atoms with E-state index >= 15 is 0 Å². The zero-order valence-electron chi connectivity index (χ0n) is 9.91. The molecule has 2 nitrogen and oxygen atoms in total. The highest BCUT2D eigenvalue weighted by Gasteiger charge is 2.08. The van der Waals surface area contributed by atoms with Crippen molar-refractivity contribution in [2.24, 2.45) is 5.92 Å². The van der Waals surface area contributed by atoms with E-state index in [1.54, 1.807) is 12.1 Å². The lowest BCUT2D eigenvalue weighted by molar-refractivity contribution is 0.444. The second-order valence-electron chi connectivity index (χ2n) is 4.53. The van der Waals surface area contributed by atoms with Crippen LogP contribution < -0.4 is 5.32 Å². The molecular weight excluding hydrogens is 222 g/mol. The van der Waals surface area contributed by atoms with Crippen molar-refractivity contribution in [2.45, 2.75) is 32.9 Å². The first kappa shape index (κ1) is 13.3. The summed E-state index contributed by atoms with van der Waals surface area (Å²) in [5, 5.41) is 12.6. The van der Waals surface area contributed by atoms with Crippen molar-refractivity contribution >= 4 is 11.6 Å². The van der Waals surface area contributed by atoms with Crippen LogP contribution in [-0.4, -0.2) is 17.0 Å². The van der Waals surface area contributed by atoms with Gasteiger partial charge in [0, 0.05) is 18.5 Å². The fourth-order valence-corrected chi connectivity index (χ4v) is 1.88. The first-order chi connectivity index (χ1) is 7.61. The number of hydrogen-bond acceptors (Lipinski definition) is 2. The molecule has 1 aromatic carbocycles. The van der Waals surface area contributed by atoms with E-state index in [1.165, 1.54) is 0 Å². The number of hydrogen-bond donors (Lipinski definition) is 2. The molecule has 0 amide bonds. The minimum atomic E-state index is 0.305. The van der Waals surface area contributed by atoms with Gasteiger partial charge in [-0.2, -0.15) is 0 Å². The van der Waals surface area contributed by atoms with Gasteiger partial charge in [0.15, 0.2) is 0 Å². The smallest absolute Gasteiger partial charge is 0.115 e. The predicted octanol–water partition coefficient (Wildman–Crippen LogP) is 3.14. The molecule has 0 saturated carbocycles. The van der Waals surface area contributed by atoms with Crippen molar-refractivity contribution in [3.8, 4) is 5.75 Å². The maximum atomic E-state index is 9.16. The first-order valence-corrected chi connectivity index (χ1v) is 6.22. The maximum absolute atomic E-state index is 9.16. The van der Waals surface area contributed by atoms with E-state index in [9.17, 15) is 0 Å². The molecule has 1 aromatic rings. The summed E-state index contributed by atoms with van der Waals surface area (Å²) in [6, 6.07) is 7.60. The number of benzene rings is 1. The van der Waals surface area contributed by atoms with Gasteiger partial charge in [0.1, 0.15) is 5.75 Å². The largest absolute Gasteiger partial charge is 0.508 e. The summed E-state index contributed by atoms with van der Waals surface area (Å²) in [5.74, 6) is 1.59. The van der Waals surface area contributed by atoms with Gasteiger partial charge in [0.05, 0.1) is 0 Å². The molecule has 0 saturated heterocycles. The third kappa shape index (κ3) is 4.86. The van der Waals surface area contributed by atoms with Gasteiger partial charge in [0.25, 0.3) is 0 Å². The number of phenolic OH excluding ortho intramolecular Hbond substituents is 1. The van der Waals surface area contributed by atoms with Gasteiger partial charge >= 0.3 is 0 Å². The Hall–Kier alpha value is -0.730. The highest BCUT2D eigenvalue weighted by atomic mass is 35.5. The second-order valence-corrected chi connectivity index (χ2v) is 4.84. The van der Waals surface area contributed by atoms with Crippen LogP contribution in [0.3, 0.4) is 0 Å². The van der Waals surface area contributed by atoms with Crippen LogP contribution in [0, 0.1) is 5.92 Å². The molecule has 1 atom stereocenters. The zero-order valence-corrected chi connectivity index (χ0v) is 10.7. The van der Waals surface area contributed by atoms with Crippen LogP contribution in [0.5, 0.6) is 5.75 Å². The van der Waals surface area contributed by atoms with Gasteiger partial charge in [-0.1, -0.05) is 26.0 Å². The molecule has 0 heterocycles. The van der Waals surface area contributed by atoms with Crippen molar-refractivity contribution in [2.75, 3.05) is 5.88 Å². The molecule has 1 unspecified atom stereocenters. The Balaban J connectivity index is 2.40. The Kier molecular flexibility index (Phi) is 5.64.